The fourth-order valence-corrected chi connectivity index (χ4v) is 2.70. The molecule has 1 aliphatic heterocycles. The summed E-state index contributed by atoms with van der Waals surface area (Å²) in [5, 5.41) is 2.56. The lowest BCUT2D eigenvalue weighted by molar-refractivity contribution is -0.920. The second-order valence-corrected chi connectivity index (χ2v) is 5.61. The molecular formula is C15H20F3N2O+. The molecule has 0 spiro atoms. The molecule has 1 saturated heterocycles. The normalized spacial score (nSPS) is 22.9. The van der Waals surface area contributed by atoms with Gasteiger partial charge >= 0.3 is 6.18 Å². The third-order valence-corrected chi connectivity index (χ3v) is 3.94. The van der Waals surface area contributed by atoms with E-state index in [1.54, 1.807) is 0 Å². The van der Waals surface area contributed by atoms with Crippen LogP contribution in [0.4, 0.5) is 18.9 Å². The maximum Gasteiger partial charge on any atom is 0.416 e. The second-order valence-electron chi connectivity index (χ2n) is 5.61. The maximum absolute atomic E-state index is 12.6. The zero-order chi connectivity index (χ0) is 15.5. The molecule has 1 unspecified atom stereocenters. The van der Waals surface area contributed by atoms with Gasteiger partial charge in [-0.2, -0.15) is 13.2 Å². The fourth-order valence-electron chi connectivity index (χ4n) is 2.70. The van der Waals surface area contributed by atoms with E-state index in [1.165, 1.54) is 23.5 Å². The number of alkyl halides is 3. The third kappa shape index (κ3) is 4.46. The molecule has 1 heterocycles. The molecule has 1 fully saturated rings. The van der Waals surface area contributed by atoms with E-state index in [2.05, 4.69) is 12.2 Å². The predicted octanol–water partition coefficient (Wildman–Crippen LogP) is 2.10. The minimum absolute atomic E-state index is 0.193. The van der Waals surface area contributed by atoms with Gasteiger partial charge in [0.2, 0.25) is 0 Å². The van der Waals surface area contributed by atoms with Crippen LogP contribution in [0.15, 0.2) is 24.3 Å². The number of likely N-dealkylation sites (tertiary alicyclic amines) is 1. The van der Waals surface area contributed by atoms with Gasteiger partial charge in [-0.1, -0.05) is 6.07 Å². The minimum atomic E-state index is -4.40. The number of amides is 1. The van der Waals surface area contributed by atoms with E-state index in [0.29, 0.717) is 12.6 Å². The van der Waals surface area contributed by atoms with E-state index in [1.807, 2.05) is 0 Å². The summed E-state index contributed by atoms with van der Waals surface area (Å²) in [7, 11) is 0. The van der Waals surface area contributed by atoms with Crippen LogP contribution in [0.2, 0.25) is 0 Å². The van der Waals surface area contributed by atoms with E-state index in [9.17, 15) is 18.0 Å². The Morgan fingerprint density at radius 1 is 1.38 bits per heavy atom. The summed E-state index contributed by atoms with van der Waals surface area (Å²) in [6, 6.07) is 5.16. The van der Waals surface area contributed by atoms with Crippen LogP contribution in [0.25, 0.3) is 0 Å². The van der Waals surface area contributed by atoms with E-state index in [-0.39, 0.29) is 11.6 Å². The number of hydrogen-bond donors (Lipinski definition) is 2. The van der Waals surface area contributed by atoms with Gasteiger partial charge in [0.05, 0.1) is 18.2 Å². The molecule has 2 N–H and O–H groups in total. The van der Waals surface area contributed by atoms with Crippen molar-refractivity contribution in [2.75, 3.05) is 18.4 Å². The predicted molar refractivity (Wildman–Crippen MR) is 74.1 cm³/mol. The Kier molecular flexibility index (Phi) is 4.88. The highest BCUT2D eigenvalue weighted by Crippen LogP contribution is 2.30. The Bertz CT molecular complexity index is 502. The number of hydrogen-bond acceptors (Lipinski definition) is 1. The van der Waals surface area contributed by atoms with Gasteiger partial charge in [-0.25, -0.2) is 0 Å². The quantitative estimate of drug-likeness (QED) is 0.881. The van der Waals surface area contributed by atoms with Gasteiger partial charge in [-0.3, -0.25) is 4.79 Å². The number of carbonyl (C=O) groups excluding carboxylic acids is 1. The fraction of sp³-hybridized carbons (Fsp3) is 0.533. The van der Waals surface area contributed by atoms with Gasteiger partial charge in [0.1, 0.15) is 0 Å². The molecule has 21 heavy (non-hydrogen) atoms. The van der Waals surface area contributed by atoms with Crippen LogP contribution >= 0.6 is 0 Å². The summed E-state index contributed by atoms with van der Waals surface area (Å²) in [5.74, 6) is -0.238. The first kappa shape index (κ1) is 15.8. The first-order valence-electron chi connectivity index (χ1n) is 7.18. The molecule has 3 nitrogen and oxygen atoms in total. The van der Waals surface area contributed by atoms with Crippen molar-refractivity contribution in [2.24, 2.45) is 0 Å². The lowest BCUT2D eigenvalue weighted by atomic mass is 10.0. The van der Waals surface area contributed by atoms with Crippen LogP contribution in [0.3, 0.4) is 0 Å². The molecule has 0 saturated carbocycles. The molecule has 0 aliphatic carbocycles. The highest BCUT2D eigenvalue weighted by atomic mass is 19.4. The van der Waals surface area contributed by atoms with E-state index in [4.69, 9.17) is 0 Å². The Morgan fingerprint density at radius 3 is 2.81 bits per heavy atom. The van der Waals surface area contributed by atoms with Crippen LogP contribution < -0.4 is 10.2 Å². The topological polar surface area (TPSA) is 33.5 Å². The number of quaternary nitrogens is 1. The molecule has 2 atom stereocenters. The maximum atomic E-state index is 12.6. The third-order valence-electron chi connectivity index (χ3n) is 3.94. The van der Waals surface area contributed by atoms with E-state index < -0.39 is 11.7 Å². The smallest absolute Gasteiger partial charge is 0.325 e. The van der Waals surface area contributed by atoms with Gasteiger partial charge in [0, 0.05) is 5.69 Å². The van der Waals surface area contributed by atoms with Gasteiger partial charge in [0.15, 0.2) is 6.54 Å². The lowest BCUT2D eigenvalue weighted by Crippen LogP contribution is -3.17. The Hall–Kier alpha value is -1.56. The first-order chi connectivity index (χ1) is 9.86. The van der Waals surface area contributed by atoms with Crippen LogP contribution in [0.5, 0.6) is 0 Å². The zero-order valence-corrected chi connectivity index (χ0v) is 12.0. The van der Waals surface area contributed by atoms with Gasteiger partial charge in [0.25, 0.3) is 5.91 Å². The van der Waals surface area contributed by atoms with Crippen molar-refractivity contribution < 1.29 is 22.9 Å². The largest absolute Gasteiger partial charge is 0.416 e. The second kappa shape index (κ2) is 6.47. The number of carbonyl (C=O) groups is 1. The summed E-state index contributed by atoms with van der Waals surface area (Å²) in [6.07, 6.45) is -1.03. The Balaban J connectivity index is 1.96. The summed E-state index contributed by atoms with van der Waals surface area (Å²) < 4.78 is 37.8. The average Bonchev–Trinajstić information content (AvgIpc) is 2.41. The molecule has 0 radical (unpaired) electrons. The minimum Gasteiger partial charge on any atom is -0.325 e. The number of piperidine rings is 1. The standard InChI is InChI=1S/C15H19F3N2O/c1-11-5-2-3-8-20(11)10-14(21)19-13-7-4-6-12(9-13)15(16,17)18/h4,6-7,9,11H,2-3,5,8,10H2,1H3,(H,19,21)/p+1/t11-/m1/s1. The van der Waals surface area contributed by atoms with Crippen molar-refractivity contribution in [1.82, 2.24) is 0 Å². The molecule has 2 rings (SSSR count). The van der Waals surface area contributed by atoms with Gasteiger partial charge in [-0.15, -0.1) is 0 Å². The molecule has 116 valence electrons. The summed E-state index contributed by atoms with van der Waals surface area (Å²) in [4.78, 5) is 13.2. The van der Waals surface area contributed by atoms with Crippen molar-refractivity contribution in [3.63, 3.8) is 0 Å². The molecule has 0 aromatic heterocycles. The van der Waals surface area contributed by atoms with Crippen molar-refractivity contribution >= 4 is 11.6 Å². The number of benzene rings is 1. The van der Waals surface area contributed by atoms with Crippen LogP contribution in [0, 0.1) is 0 Å². The molecule has 0 bridgehead atoms. The molecule has 1 aromatic rings. The van der Waals surface area contributed by atoms with E-state index in [0.717, 1.165) is 31.5 Å². The number of anilines is 1. The highest BCUT2D eigenvalue weighted by Gasteiger charge is 2.30. The van der Waals surface area contributed by atoms with Gasteiger partial charge in [-0.05, 0) is 44.4 Å². The monoisotopic (exact) mass is 301 g/mol. The molecule has 6 heteroatoms. The van der Waals surface area contributed by atoms with Crippen molar-refractivity contribution in [3.8, 4) is 0 Å². The van der Waals surface area contributed by atoms with Crippen molar-refractivity contribution in [3.05, 3.63) is 29.8 Å². The Labute approximate surface area is 122 Å². The molecule has 1 aromatic carbocycles. The van der Waals surface area contributed by atoms with Crippen LogP contribution in [-0.4, -0.2) is 25.0 Å². The summed E-state index contributed by atoms with van der Waals surface area (Å²) in [5.41, 5.74) is -0.558. The number of rotatable bonds is 3. The van der Waals surface area contributed by atoms with Gasteiger partial charge < -0.3 is 10.2 Å². The lowest BCUT2D eigenvalue weighted by Gasteiger charge is -2.29. The van der Waals surface area contributed by atoms with Crippen LogP contribution in [-0.2, 0) is 11.0 Å². The first-order valence-corrected chi connectivity index (χ1v) is 7.18. The Morgan fingerprint density at radius 2 is 2.14 bits per heavy atom. The summed E-state index contributed by atoms with van der Waals surface area (Å²) in [6.45, 7) is 3.35. The molecule has 1 amide bonds. The zero-order valence-electron chi connectivity index (χ0n) is 12.0. The average molecular weight is 301 g/mol. The van der Waals surface area contributed by atoms with Crippen molar-refractivity contribution in [1.29, 1.82) is 0 Å². The summed E-state index contributed by atoms with van der Waals surface area (Å²) >= 11 is 0. The molecule has 1 aliphatic rings. The number of nitrogens with one attached hydrogen (secondary N) is 2. The highest BCUT2D eigenvalue weighted by molar-refractivity contribution is 5.91. The number of halogens is 3. The van der Waals surface area contributed by atoms with Crippen molar-refractivity contribution in [2.45, 2.75) is 38.4 Å². The van der Waals surface area contributed by atoms with Crippen LogP contribution in [0.1, 0.15) is 31.7 Å². The van der Waals surface area contributed by atoms with E-state index >= 15 is 0 Å². The SMILES string of the molecule is C[C@@H]1CCCC[NH+]1CC(=O)Nc1cccc(C(F)(F)F)c1. The molecular weight excluding hydrogens is 281 g/mol.